The van der Waals surface area contributed by atoms with Gasteiger partial charge in [-0.3, -0.25) is 0 Å². The van der Waals surface area contributed by atoms with E-state index in [2.05, 4.69) is 24.3 Å². The van der Waals surface area contributed by atoms with E-state index >= 15 is 0 Å². The smallest absolute Gasteiger partial charge is 0.0178 e. The molecule has 0 aliphatic heterocycles. The standard InChI is InChI=1S/C15H23N/c16-12-15-9-7-14(8-10-15)11-13-5-3-1-2-4-6-13/h7-10,13H,1-6,11-12,16H2. The van der Waals surface area contributed by atoms with E-state index in [1.165, 1.54) is 56.1 Å². The van der Waals surface area contributed by atoms with Crippen molar-refractivity contribution in [3.8, 4) is 0 Å². The fourth-order valence-corrected chi connectivity index (χ4v) is 2.71. The molecule has 0 spiro atoms. The van der Waals surface area contributed by atoms with E-state index in [1.807, 2.05) is 0 Å². The SMILES string of the molecule is NCc1ccc(CC2CCCCCC2)cc1. The third-order valence-electron chi connectivity index (χ3n) is 3.76. The zero-order chi connectivity index (χ0) is 11.2. The van der Waals surface area contributed by atoms with E-state index in [1.54, 1.807) is 0 Å². The van der Waals surface area contributed by atoms with Gasteiger partial charge in [0.25, 0.3) is 0 Å². The normalized spacial score (nSPS) is 18.3. The van der Waals surface area contributed by atoms with Gasteiger partial charge in [0.15, 0.2) is 0 Å². The number of rotatable bonds is 3. The van der Waals surface area contributed by atoms with Gasteiger partial charge in [-0.05, 0) is 23.5 Å². The Balaban J connectivity index is 1.91. The van der Waals surface area contributed by atoms with Crippen LogP contribution in [0.1, 0.15) is 49.7 Å². The van der Waals surface area contributed by atoms with Crippen LogP contribution in [0.2, 0.25) is 0 Å². The average Bonchev–Trinajstić information content (AvgIpc) is 2.59. The number of hydrogen-bond acceptors (Lipinski definition) is 1. The fourth-order valence-electron chi connectivity index (χ4n) is 2.71. The van der Waals surface area contributed by atoms with Crippen LogP contribution in [0.3, 0.4) is 0 Å². The molecule has 0 atom stereocenters. The van der Waals surface area contributed by atoms with E-state index in [-0.39, 0.29) is 0 Å². The molecule has 1 saturated carbocycles. The molecule has 1 nitrogen and oxygen atoms in total. The minimum Gasteiger partial charge on any atom is -0.326 e. The van der Waals surface area contributed by atoms with Crippen molar-refractivity contribution in [3.63, 3.8) is 0 Å². The number of nitrogens with two attached hydrogens (primary N) is 1. The Bertz CT molecular complexity index is 294. The van der Waals surface area contributed by atoms with Crippen molar-refractivity contribution in [2.45, 2.75) is 51.5 Å². The summed E-state index contributed by atoms with van der Waals surface area (Å²) in [5.41, 5.74) is 8.34. The Morgan fingerprint density at radius 1 is 0.875 bits per heavy atom. The molecule has 88 valence electrons. The zero-order valence-electron chi connectivity index (χ0n) is 10.1. The van der Waals surface area contributed by atoms with Crippen LogP contribution in [-0.2, 0) is 13.0 Å². The van der Waals surface area contributed by atoms with Gasteiger partial charge in [-0.2, -0.15) is 0 Å². The van der Waals surface area contributed by atoms with Crippen LogP contribution >= 0.6 is 0 Å². The summed E-state index contributed by atoms with van der Waals surface area (Å²) in [6, 6.07) is 8.86. The molecule has 2 rings (SSSR count). The van der Waals surface area contributed by atoms with Crippen LogP contribution in [-0.4, -0.2) is 0 Å². The molecule has 0 heterocycles. The molecule has 0 unspecified atom stereocenters. The van der Waals surface area contributed by atoms with E-state index in [9.17, 15) is 0 Å². The Hall–Kier alpha value is -0.820. The van der Waals surface area contributed by atoms with Gasteiger partial charge in [0.05, 0.1) is 0 Å². The van der Waals surface area contributed by atoms with Gasteiger partial charge in [-0.15, -0.1) is 0 Å². The molecular formula is C15H23N. The molecule has 0 saturated heterocycles. The highest BCUT2D eigenvalue weighted by Crippen LogP contribution is 2.26. The second-order valence-corrected chi connectivity index (χ2v) is 5.08. The summed E-state index contributed by atoms with van der Waals surface area (Å²) in [7, 11) is 0. The van der Waals surface area contributed by atoms with Crippen molar-refractivity contribution in [3.05, 3.63) is 35.4 Å². The lowest BCUT2D eigenvalue weighted by Gasteiger charge is -2.13. The molecule has 1 heteroatoms. The molecule has 1 fully saturated rings. The summed E-state index contributed by atoms with van der Waals surface area (Å²) in [5.74, 6) is 0.922. The summed E-state index contributed by atoms with van der Waals surface area (Å²) in [6.45, 7) is 0.656. The molecule has 0 aromatic heterocycles. The van der Waals surface area contributed by atoms with Crippen LogP contribution in [0.25, 0.3) is 0 Å². The van der Waals surface area contributed by atoms with E-state index < -0.39 is 0 Å². The first-order valence-corrected chi connectivity index (χ1v) is 6.66. The number of benzene rings is 1. The Kier molecular flexibility index (Phi) is 4.41. The molecule has 16 heavy (non-hydrogen) atoms. The van der Waals surface area contributed by atoms with Crippen molar-refractivity contribution in [1.82, 2.24) is 0 Å². The summed E-state index contributed by atoms with van der Waals surface area (Å²) in [4.78, 5) is 0. The third kappa shape index (κ3) is 3.34. The highest BCUT2D eigenvalue weighted by molar-refractivity contribution is 5.22. The van der Waals surface area contributed by atoms with Crippen LogP contribution < -0.4 is 5.73 Å². The first kappa shape index (κ1) is 11.7. The van der Waals surface area contributed by atoms with Crippen molar-refractivity contribution < 1.29 is 0 Å². The second kappa shape index (κ2) is 6.05. The molecule has 1 aromatic rings. The number of hydrogen-bond donors (Lipinski definition) is 1. The van der Waals surface area contributed by atoms with E-state index in [0.717, 1.165) is 5.92 Å². The van der Waals surface area contributed by atoms with Crippen LogP contribution in [0.5, 0.6) is 0 Å². The van der Waals surface area contributed by atoms with Gasteiger partial charge in [-0.1, -0.05) is 62.8 Å². The summed E-state index contributed by atoms with van der Waals surface area (Å²) in [6.07, 6.45) is 9.89. The first-order chi connectivity index (χ1) is 7.88. The summed E-state index contributed by atoms with van der Waals surface area (Å²) in [5, 5.41) is 0. The zero-order valence-corrected chi connectivity index (χ0v) is 10.1. The molecule has 0 radical (unpaired) electrons. The van der Waals surface area contributed by atoms with Crippen LogP contribution in [0, 0.1) is 5.92 Å². The Morgan fingerprint density at radius 3 is 2.00 bits per heavy atom. The van der Waals surface area contributed by atoms with Gasteiger partial charge >= 0.3 is 0 Å². The monoisotopic (exact) mass is 217 g/mol. The second-order valence-electron chi connectivity index (χ2n) is 5.08. The predicted octanol–water partition coefficient (Wildman–Crippen LogP) is 3.66. The van der Waals surface area contributed by atoms with Gasteiger partial charge in [-0.25, -0.2) is 0 Å². The Labute approximate surface area is 99.0 Å². The molecule has 1 aliphatic carbocycles. The lowest BCUT2D eigenvalue weighted by Crippen LogP contribution is -2.03. The fraction of sp³-hybridized carbons (Fsp3) is 0.600. The Morgan fingerprint density at radius 2 is 1.44 bits per heavy atom. The third-order valence-corrected chi connectivity index (χ3v) is 3.76. The maximum atomic E-state index is 5.60. The van der Waals surface area contributed by atoms with Gasteiger partial charge in [0.2, 0.25) is 0 Å². The predicted molar refractivity (Wildman–Crippen MR) is 69.2 cm³/mol. The minimum absolute atomic E-state index is 0.656. The maximum Gasteiger partial charge on any atom is 0.0178 e. The van der Waals surface area contributed by atoms with Gasteiger partial charge in [0, 0.05) is 6.54 Å². The lowest BCUT2D eigenvalue weighted by molar-refractivity contribution is 0.458. The molecule has 2 N–H and O–H groups in total. The highest BCUT2D eigenvalue weighted by atomic mass is 14.5. The molecule has 0 bridgehead atoms. The minimum atomic E-state index is 0.656. The summed E-state index contributed by atoms with van der Waals surface area (Å²) >= 11 is 0. The van der Waals surface area contributed by atoms with Crippen LogP contribution in [0.15, 0.2) is 24.3 Å². The average molecular weight is 217 g/mol. The first-order valence-electron chi connectivity index (χ1n) is 6.66. The molecule has 1 aromatic carbocycles. The van der Waals surface area contributed by atoms with Crippen molar-refractivity contribution in [2.24, 2.45) is 11.7 Å². The lowest BCUT2D eigenvalue weighted by atomic mass is 9.92. The van der Waals surface area contributed by atoms with E-state index in [4.69, 9.17) is 5.73 Å². The summed E-state index contributed by atoms with van der Waals surface area (Å²) < 4.78 is 0. The molecular weight excluding hydrogens is 194 g/mol. The topological polar surface area (TPSA) is 26.0 Å². The van der Waals surface area contributed by atoms with Gasteiger partial charge in [0.1, 0.15) is 0 Å². The highest BCUT2D eigenvalue weighted by Gasteiger charge is 2.12. The van der Waals surface area contributed by atoms with Gasteiger partial charge < -0.3 is 5.73 Å². The van der Waals surface area contributed by atoms with Crippen molar-refractivity contribution in [1.29, 1.82) is 0 Å². The largest absolute Gasteiger partial charge is 0.326 e. The molecule has 0 amide bonds. The maximum absolute atomic E-state index is 5.60. The van der Waals surface area contributed by atoms with E-state index in [0.29, 0.717) is 6.54 Å². The molecule has 1 aliphatic rings. The van der Waals surface area contributed by atoms with Crippen molar-refractivity contribution in [2.75, 3.05) is 0 Å². The van der Waals surface area contributed by atoms with Crippen molar-refractivity contribution >= 4 is 0 Å². The van der Waals surface area contributed by atoms with Crippen LogP contribution in [0.4, 0.5) is 0 Å². The quantitative estimate of drug-likeness (QED) is 0.768.